The second kappa shape index (κ2) is 9.01. The van der Waals surface area contributed by atoms with Crippen molar-refractivity contribution in [2.45, 2.75) is 46.1 Å². The Bertz CT molecular complexity index is 1070. The van der Waals surface area contributed by atoms with Crippen LogP contribution in [0, 0.1) is 20.8 Å². The van der Waals surface area contributed by atoms with Gasteiger partial charge in [0.05, 0.1) is 22.4 Å². The van der Waals surface area contributed by atoms with Gasteiger partial charge in [0.1, 0.15) is 11.6 Å². The predicted octanol–water partition coefficient (Wildman–Crippen LogP) is 4.83. The fraction of sp³-hybridized carbons (Fsp3) is 0.381. The maximum absolute atomic E-state index is 13.0. The van der Waals surface area contributed by atoms with Crippen molar-refractivity contribution in [1.82, 2.24) is 24.8 Å². The third-order valence-corrected chi connectivity index (χ3v) is 6.49. The summed E-state index contributed by atoms with van der Waals surface area (Å²) in [5, 5.41) is 7.02. The molecule has 4 heterocycles. The van der Waals surface area contributed by atoms with Crippen LogP contribution in [-0.2, 0) is 4.79 Å². The Balaban J connectivity index is 1.55. The predicted molar refractivity (Wildman–Crippen MR) is 121 cm³/mol. The van der Waals surface area contributed by atoms with E-state index in [1.165, 1.54) is 0 Å². The molecule has 7 nitrogen and oxygen atoms in total. The maximum Gasteiger partial charge on any atom is 0.247 e. The van der Waals surface area contributed by atoms with E-state index in [9.17, 15) is 4.79 Å². The quantitative estimate of drug-likeness (QED) is 0.572. The highest BCUT2D eigenvalue weighted by atomic mass is 32.1. The number of piperidine rings is 1. The highest BCUT2D eigenvalue weighted by Crippen LogP contribution is 2.32. The van der Waals surface area contributed by atoms with Gasteiger partial charge in [-0.25, -0.2) is 19.9 Å². The van der Waals surface area contributed by atoms with Gasteiger partial charge in [-0.2, -0.15) is 0 Å². The number of hydrogen-bond acceptors (Lipinski definition) is 8. The van der Waals surface area contributed by atoms with Gasteiger partial charge >= 0.3 is 0 Å². The van der Waals surface area contributed by atoms with Crippen LogP contribution in [0.3, 0.4) is 0 Å². The summed E-state index contributed by atoms with van der Waals surface area (Å²) in [6.45, 7) is 6.58. The molecule has 1 atom stereocenters. The van der Waals surface area contributed by atoms with Crippen LogP contribution in [0.1, 0.15) is 52.4 Å². The third kappa shape index (κ3) is 4.91. The van der Waals surface area contributed by atoms with Crippen molar-refractivity contribution < 1.29 is 4.79 Å². The molecule has 0 unspecified atom stereocenters. The molecule has 156 valence electrons. The number of carbonyl (C=O) groups excluding carboxylic acids is 1. The number of nitrogens with zero attached hydrogens (tertiary/aromatic N) is 5. The molecule has 1 aliphatic rings. The number of likely N-dealkylation sites (tertiary alicyclic amines) is 1. The Labute approximate surface area is 183 Å². The molecule has 0 radical (unpaired) electrons. The molecule has 1 saturated heterocycles. The van der Waals surface area contributed by atoms with Gasteiger partial charge in [-0.3, -0.25) is 4.79 Å². The largest absolute Gasteiger partial charge is 0.331 e. The van der Waals surface area contributed by atoms with Crippen LogP contribution in [0.25, 0.3) is 6.08 Å². The van der Waals surface area contributed by atoms with Gasteiger partial charge in [0.15, 0.2) is 5.13 Å². The first kappa shape index (κ1) is 20.6. The summed E-state index contributed by atoms with van der Waals surface area (Å²) in [5.74, 6) is 1.37. The summed E-state index contributed by atoms with van der Waals surface area (Å²) in [7, 11) is 0. The van der Waals surface area contributed by atoms with E-state index < -0.39 is 0 Å². The standard InChI is InChI=1S/C21H24N6OS2/c1-13-11-22-21(30-13)26-19-10-17(23-14(2)24-19)18-6-4-5-9-27(18)20(28)8-7-16-12-29-15(3)25-16/h7-8,10-12,18H,4-6,9H2,1-3H3,(H,22,23,24,26)/b8-7+/t18-/m0/s1. The summed E-state index contributed by atoms with van der Waals surface area (Å²) in [6.07, 6.45) is 8.21. The van der Waals surface area contributed by atoms with Crippen LogP contribution in [-0.4, -0.2) is 37.3 Å². The van der Waals surface area contributed by atoms with E-state index in [1.54, 1.807) is 34.8 Å². The molecule has 1 N–H and O–H groups in total. The molecule has 9 heteroatoms. The van der Waals surface area contributed by atoms with Gasteiger partial charge in [0.2, 0.25) is 5.91 Å². The minimum Gasteiger partial charge on any atom is -0.331 e. The normalized spacial score (nSPS) is 16.9. The Morgan fingerprint density at radius 3 is 2.83 bits per heavy atom. The molecule has 0 aliphatic carbocycles. The molecule has 3 aromatic heterocycles. The van der Waals surface area contributed by atoms with E-state index in [0.717, 1.165) is 52.2 Å². The third-order valence-electron chi connectivity index (χ3n) is 4.87. The second-order valence-electron chi connectivity index (χ2n) is 7.29. The number of carbonyl (C=O) groups is 1. The van der Waals surface area contributed by atoms with Gasteiger partial charge in [-0.15, -0.1) is 22.7 Å². The van der Waals surface area contributed by atoms with Crippen LogP contribution in [0.2, 0.25) is 0 Å². The number of aryl methyl sites for hydroxylation is 3. The minimum atomic E-state index is -0.0617. The van der Waals surface area contributed by atoms with Crippen LogP contribution >= 0.6 is 22.7 Å². The van der Waals surface area contributed by atoms with Crippen molar-refractivity contribution >= 4 is 45.6 Å². The number of amides is 1. The first-order valence-corrected chi connectivity index (χ1v) is 11.6. The zero-order chi connectivity index (χ0) is 21.1. The lowest BCUT2D eigenvalue weighted by atomic mass is 9.98. The topological polar surface area (TPSA) is 83.9 Å². The lowest BCUT2D eigenvalue weighted by molar-refractivity contribution is -0.129. The van der Waals surface area contributed by atoms with E-state index in [4.69, 9.17) is 0 Å². The van der Waals surface area contributed by atoms with Crippen LogP contribution in [0.5, 0.6) is 0 Å². The minimum absolute atomic E-state index is 0.00771. The van der Waals surface area contributed by atoms with E-state index in [0.29, 0.717) is 11.6 Å². The van der Waals surface area contributed by atoms with E-state index in [1.807, 2.05) is 43.3 Å². The van der Waals surface area contributed by atoms with Crippen molar-refractivity contribution in [3.8, 4) is 0 Å². The zero-order valence-electron chi connectivity index (χ0n) is 17.3. The summed E-state index contributed by atoms with van der Waals surface area (Å²) in [6, 6.07) is 1.88. The first-order chi connectivity index (χ1) is 14.5. The molecular formula is C21H24N6OS2. The van der Waals surface area contributed by atoms with Gasteiger partial charge in [0, 0.05) is 35.1 Å². The van der Waals surface area contributed by atoms with Crippen LogP contribution in [0.4, 0.5) is 10.9 Å². The molecule has 3 aromatic rings. The van der Waals surface area contributed by atoms with Gasteiger partial charge < -0.3 is 10.2 Å². The Morgan fingerprint density at radius 2 is 2.10 bits per heavy atom. The number of aromatic nitrogens is 4. The van der Waals surface area contributed by atoms with Crippen molar-refractivity contribution in [3.63, 3.8) is 0 Å². The molecular weight excluding hydrogens is 416 g/mol. The molecule has 30 heavy (non-hydrogen) atoms. The molecule has 1 amide bonds. The van der Waals surface area contributed by atoms with Crippen molar-refractivity contribution in [3.05, 3.63) is 50.8 Å². The fourth-order valence-electron chi connectivity index (χ4n) is 3.56. The van der Waals surface area contributed by atoms with E-state index in [-0.39, 0.29) is 11.9 Å². The average molecular weight is 441 g/mol. The molecule has 0 saturated carbocycles. The Hall–Kier alpha value is -2.65. The van der Waals surface area contributed by atoms with E-state index >= 15 is 0 Å². The van der Waals surface area contributed by atoms with Crippen molar-refractivity contribution in [2.24, 2.45) is 0 Å². The highest BCUT2D eigenvalue weighted by Gasteiger charge is 2.28. The second-order valence-corrected chi connectivity index (χ2v) is 9.59. The number of hydrogen-bond donors (Lipinski definition) is 1. The Morgan fingerprint density at radius 1 is 1.23 bits per heavy atom. The molecule has 0 spiro atoms. The molecule has 0 aromatic carbocycles. The molecule has 1 aliphatic heterocycles. The monoisotopic (exact) mass is 440 g/mol. The maximum atomic E-state index is 13.0. The van der Waals surface area contributed by atoms with Gasteiger partial charge in [-0.05, 0) is 46.1 Å². The molecule has 1 fully saturated rings. The first-order valence-electron chi connectivity index (χ1n) is 9.94. The number of nitrogens with one attached hydrogen (secondary N) is 1. The molecule has 4 rings (SSSR count). The summed E-state index contributed by atoms with van der Waals surface area (Å²) < 4.78 is 0. The number of thiazole rings is 2. The lowest BCUT2D eigenvalue weighted by Crippen LogP contribution is -2.38. The number of anilines is 2. The smallest absolute Gasteiger partial charge is 0.247 e. The lowest BCUT2D eigenvalue weighted by Gasteiger charge is -2.35. The van der Waals surface area contributed by atoms with Gasteiger partial charge in [0.25, 0.3) is 0 Å². The van der Waals surface area contributed by atoms with Crippen LogP contribution < -0.4 is 5.32 Å². The van der Waals surface area contributed by atoms with Crippen molar-refractivity contribution in [1.29, 1.82) is 0 Å². The number of rotatable bonds is 5. The summed E-state index contributed by atoms with van der Waals surface area (Å²) in [5.41, 5.74) is 1.69. The van der Waals surface area contributed by atoms with Crippen LogP contribution in [0.15, 0.2) is 23.7 Å². The SMILES string of the molecule is Cc1nc(Nc2ncc(C)s2)cc([C@@H]2CCCCN2C(=O)/C=C/c2csc(C)n2)n1. The Kier molecular flexibility index (Phi) is 6.19. The molecule has 0 bridgehead atoms. The average Bonchev–Trinajstić information content (AvgIpc) is 3.33. The van der Waals surface area contributed by atoms with Crippen molar-refractivity contribution in [2.75, 3.05) is 11.9 Å². The zero-order valence-corrected chi connectivity index (χ0v) is 18.9. The highest BCUT2D eigenvalue weighted by molar-refractivity contribution is 7.15. The summed E-state index contributed by atoms with van der Waals surface area (Å²) in [4.78, 5) is 33.9. The van der Waals surface area contributed by atoms with E-state index in [2.05, 4.69) is 25.3 Å². The van der Waals surface area contributed by atoms with Gasteiger partial charge in [-0.1, -0.05) is 0 Å². The summed E-state index contributed by atoms with van der Waals surface area (Å²) >= 11 is 3.16. The fourth-order valence-corrected chi connectivity index (χ4v) is 4.81.